The molecule has 1 saturated heterocycles. The fourth-order valence-electron chi connectivity index (χ4n) is 3.37. The Hall–Kier alpha value is -1.65. The van der Waals surface area contributed by atoms with Crippen molar-refractivity contribution in [1.29, 1.82) is 0 Å². The van der Waals surface area contributed by atoms with Gasteiger partial charge in [0.05, 0.1) is 11.4 Å². The van der Waals surface area contributed by atoms with E-state index in [-0.39, 0.29) is 0 Å². The van der Waals surface area contributed by atoms with Crippen molar-refractivity contribution in [3.05, 3.63) is 47.3 Å². The predicted octanol–water partition coefficient (Wildman–Crippen LogP) is 2.63. The first kappa shape index (κ1) is 15.3. The zero-order valence-electron chi connectivity index (χ0n) is 14.1. The van der Waals surface area contributed by atoms with Crippen molar-refractivity contribution < 1.29 is 0 Å². The van der Waals surface area contributed by atoms with Crippen molar-refractivity contribution in [1.82, 2.24) is 19.6 Å². The summed E-state index contributed by atoms with van der Waals surface area (Å²) in [5.74, 6) is 0. The first-order valence-corrected chi connectivity index (χ1v) is 8.04. The van der Waals surface area contributed by atoms with Gasteiger partial charge in [0.25, 0.3) is 0 Å². The molecular weight excluding hydrogens is 272 g/mol. The maximum absolute atomic E-state index is 4.58. The lowest BCUT2D eigenvalue weighted by molar-refractivity contribution is 0.234. The molecule has 118 valence electrons. The number of hydrogen-bond donors (Lipinski definition) is 0. The third-order valence-electron chi connectivity index (χ3n) is 4.59. The second-order valence-electron chi connectivity index (χ2n) is 6.63. The van der Waals surface area contributed by atoms with Crippen LogP contribution >= 0.6 is 0 Å². The third-order valence-corrected chi connectivity index (χ3v) is 4.59. The molecule has 1 fully saturated rings. The van der Waals surface area contributed by atoms with E-state index in [1.807, 2.05) is 11.6 Å². The minimum absolute atomic E-state index is 0.669. The van der Waals surface area contributed by atoms with Crippen LogP contribution in [0.2, 0.25) is 0 Å². The van der Waals surface area contributed by atoms with E-state index in [4.69, 9.17) is 0 Å². The molecule has 0 radical (unpaired) electrons. The molecule has 0 saturated carbocycles. The standard InChI is InChI=1S/C18H26N4/c1-14-10-15(2)22(19-14)17-7-5-6-16(11-17)12-21(4)18-8-9-20(3)13-18/h5-7,10-11,18H,8-9,12-13H2,1-4H3/t18-/m0/s1. The third kappa shape index (κ3) is 3.23. The summed E-state index contributed by atoms with van der Waals surface area (Å²) in [6.07, 6.45) is 1.27. The van der Waals surface area contributed by atoms with Crippen molar-refractivity contribution >= 4 is 0 Å². The van der Waals surface area contributed by atoms with E-state index in [0.29, 0.717) is 6.04 Å². The van der Waals surface area contributed by atoms with Crippen molar-refractivity contribution in [2.75, 3.05) is 27.2 Å². The number of aryl methyl sites for hydroxylation is 2. The molecular formula is C18H26N4. The number of rotatable bonds is 4. The fourth-order valence-corrected chi connectivity index (χ4v) is 3.37. The summed E-state index contributed by atoms with van der Waals surface area (Å²) >= 11 is 0. The van der Waals surface area contributed by atoms with Crippen LogP contribution in [0.3, 0.4) is 0 Å². The molecule has 1 aliphatic rings. The molecule has 1 aromatic heterocycles. The lowest BCUT2D eigenvalue weighted by Crippen LogP contribution is -2.33. The average Bonchev–Trinajstić information content (AvgIpc) is 3.05. The Morgan fingerprint density at radius 3 is 2.73 bits per heavy atom. The van der Waals surface area contributed by atoms with Gasteiger partial charge in [-0.3, -0.25) is 4.90 Å². The molecule has 1 aliphatic heterocycles. The van der Waals surface area contributed by atoms with E-state index in [1.54, 1.807) is 0 Å². The van der Waals surface area contributed by atoms with E-state index >= 15 is 0 Å². The lowest BCUT2D eigenvalue weighted by atomic mass is 10.1. The number of likely N-dealkylation sites (tertiary alicyclic amines) is 1. The first-order chi connectivity index (χ1) is 10.5. The number of nitrogens with zero attached hydrogens (tertiary/aromatic N) is 4. The van der Waals surface area contributed by atoms with Crippen LogP contribution in [0.5, 0.6) is 0 Å². The van der Waals surface area contributed by atoms with Gasteiger partial charge >= 0.3 is 0 Å². The highest BCUT2D eigenvalue weighted by atomic mass is 15.3. The number of aromatic nitrogens is 2. The summed E-state index contributed by atoms with van der Waals surface area (Å²) in [5, 5.41) is 4.58. The smallest absolute Gasteiger partial charge is 0.0651 e. The lowest BCUT2D eigenvalue weighted by Gasteiger charge is -2.24. The quantitative estimate of drug-likeness (QED) is 0.867. The van der Waals surface area contributed by atoms with Crippen LogP contribution in [-0.2, 0) is 6.54 Å². The van der Waals surface area contributed by atoms with Crippen molar-refractivity contribution in [3.8, 4) is 5.69 Å². The van der Waals surface area contributed by atoms with Crippen LogP contribution in [0.4, 0.5) is 0 Å². The van der Waals surface area contributed by atoms with Crippen LogP contribution < -0.4 is 0 Å². The van der Waals surface area contributed by atoms with Crippen LogP contribution in [0.1, 0.15) is 23.4 Å². The molecule has 0 spiro atoms. The molecule has 2 heterocycles. The van der Waals surface area contributed by atoms with Gasteiger partial charge in [-0.2, -0.15) is 5.10 Å². The summed E-state index contributed by atoms with van der Waals surface area (Å²) in [4.78, 5) is 4.89. The Bertz CT molecular complexity index is 646. The molecule has 1 atom stereocenters. The number of hydrogen-bond acceptors (Lipinski definition) is 3. The van der Waals surface area contributed by atoms with Gasteiger partial charge in [-0.05, 0) is 64.7 Å². The van der Waals surface area contributed by atoms with Gasteiger partial charge in [0.2, 0.25) is 0 Å². The van der Waals surface area contributed by atoms with Crippen LogP contribution in [-0.4, -0.2) is 52.8 Å². The molecule has 0 amide bonds. The average molecular weight is 298 g/mol. The highest BCUT2D eigenvalue weighted by Gasteiger charge is 2.23. The molecule has 0 aliphatic carbocycles. The molecule has 4 heteroatoms. The van der Waals surface area contributed by atoms with E-state index in [2.05, 4.69) is 66.2 Å². The molecule has 22 heavy (non-hydrogen) atoms. The van der Waals surface area contributed by atoms with E-state index in [9.17, 15) is 0 Å². The topological polar surface area (TPSA) is 24.3 Å². The predicted molar refractivity (Wildman–Crippen MR) is 90.4 cm³/mol. The van der Waals surface area contributed by atoms with Crippen molar-refractivity contribution in [3.63, 3.8) is 0 Å². The highest BCUT2D eigenvalue weighted by Crippen LogP contribution is 2.18. The van der Waals surface area contributed by atoms with Crippen LogP contribution in [0.25, 0.3) is 5.69 Å². The minimum atomic E-state index is 0.669. The monoisotopic (exact) mass is 298 g/mol. The second kappa shape index (κ2) is 6.23. The maximum atomic E-state index is 4.58. The summed E-state index contributed by atoms with van der Waals surface area (Å²) in [7, 11) is 4.44. The zero-order chi connectivity index (χ0) is 15.7. The van der Waals surface area contributed by atoms with E-state index in [1.165, 1.54) is 30.8 Å². The summed E-state index contributed by atoms with van der Waals surface area (Å²) in [6.45, 7) is 7.52. The van der Waals surface area contributed by atoms with Gasteiger partial charge in [0, 0.05) is 24.8 Å². The van der Waals surface area contributed by atoms with Gasteiger partial charge in [0.1, 0.15) is 0 Å². The molecule has 0 unspecified atom stereocenters. The number of benzene rings is 1. The highest BCUT2D eigenvalue weighted by molar-refractivity contribution is 5.37. The Labute approximate surface area is 133 Å². The zero-order valence-corrected chi connectivity index (χ0v) is 14.1. The molecule has 2 aromatic rings. The van der Waals surface area contributed by atoms with Crippen molar-refractivity contribution in [2.45, 2.75) is 32.9 Å². The number of likely N-dealkylation sites (N-methyl/N-ethyl adjacent to an activating group) is 2. The Morgan fingerprint density at radius 2 is 2.09 bits per heavy atom. The Balaban J connectivity index is 1.75. The van der Waals surface area contributed by atoms with E-state index < -0.39 is 0 Å². The van der Waals surface area contributed by atoms with Gasteiger partial charge in [0.15, 0.2) is 0 Å². The summed E-state index contributed by atoms with van der Waals surface area (Å²) in [5.41, 5.74) is 4.75. The van der Waals surface area contributed by atoms with Gasteiger partial charge < -0.3 is 4.90 Å². The fraction of sp³-hybridized carbons (Fsp3) is 0.500. The van der Waals surface area contributed by atoms with E-state index in [0.717, 1.165) is 17.9 Å². The summed E-state index contributed by atoms with van der Waals surface area (Å²) < 4.78 is 2.03. The minimum Gasteiger partial charge on any atom is -0.305 e. The first-order valence-electron chi connectivity index (χ1n) is 8.04. The normalized spacial score (nSPS) is 19.2. The Morgan fingerprint density at radius 1 is 1.27 bits per heavy atom. The largest absolute Gasteiger partial charge is 0.305 e. The van der Waals surface area contributed by atoms with Crippen molar-refractivity contribution in [2.24, 2.45) is 0 Å². The van der Waals surface area contributed by atoms with Crippen LogP contribution in [0.15, 0.2) is 30.3 Å². The molecule has 0 bridgehead atoms. The molecule has 1 aromatic carbocycles. The van der Waals surface area contributed by atoms with Gasteiger partial charge in [-0.1, -0.05) is 12.1 Å². The van der Waals surface area contributed by atoms with Gasteiger partial charge in [-0.25, -0.2) is 4.68 Å². The van der Waals surface area contributed by atoms with Crippen LogP contribution in [0, 0.1) is 13.8 Å². The molecule has 0 N–H and O–H groups in total. The Kier molecular flexibility index (Phi) is 4.32. The maximum Gasteiger partial charge on any atom is 0.0651 e. The van der Waals surface area contributed by atoms with Gasteiger partial charge in [-0.15, -0.1) is 0 Å². The SMILES string of the molecule is Cc1cc(C)n(-c2cccc(CN(C)[C@H]3CCN(C)C3)c2)n1. The molecule has 3 rings (SSSR count). The second-order valence-corrected chi connectivity index (χ2v) is 6.63. The summed E-state index contributed by atoms with van der Waals surface area (Å²) in [6, 6.07) is 11.5. The molecule has 4 nitrogen and oxygen atoms in total.